The number of rotatable bonds is 5. The van der Waals surface area contributed by atoms with E-state index in [-0.39, 0.29) is 4.47 Å². The Hall–Kier alpha value is -2.67. The molecule has 0 bridgehead atoms. The molecule has 0 aromatic heterocycles. The molecule has 0 saturated heterocycles. The van der Waals surface area contributed by atoms with Crippen LogP contribution in [0.5, 0.6) is 28.7 Å². The van der Waals surface area contributed by atoms with Gasteiger partial charge in [0, 0.05) is 0 Å². The second kappa shape index (κ2) is 7.70. The highest BCUT2D eigenvalue weighted by Gasteiger charge is 2.14. The maximum Gasteiger partial charge on any atom is 0.154 e. The van der Waals surface area contributed by atoms with E-state index in [1.165, 1.54) is 6.07 Å². The smallest absolute Gasteiger partial charge is 0.154 e. The maximum atomic E-state index is 13.7. The summed E-state index contributed by atoms with van der Waals surface area (Å²) in [5.41, 5.74) is 7.36. The lowest BCUT2D eigenvalue weighted by Crippen LogP contribution is -2.10. The van der Waals surface area contributed by atoms with Gasteiger partial charge in [-0.25, -0.2) is 4.39 Å². The minimum Gasteiger partial charge on any atom is -0.497 e. The van der Waals surface area contributed by atoms with Crippen molar-refractivity contribution < 1.29 is 18.6 Å². The predicted octanol–water partition coefficient (Wildman–Crippen LogP) is 4.02. The monoisotopic (exact) mass is 415 g/mol. The summed E-state index contributed by atoms with van der Waals surface area (Å²) in [4.78, 5) is 0. The number of methoxy groups -OCH3 is 1. The zero-order chi connectivity index (χ0) is 18.7. The summed E-state index contributed by atoms with van der Waals surface area (Å²) in [6.07, 6.45) is 0. The molecule has 0 aliphatic carbocycles. The van der Waals surface area contributed by atoms with Crippen LogP contribution in [0.1, 0.15) is 0 Å². The number of hydrogen-bond donors (Lipinski definition) is 1. The van der Waals surface area contributed by atoms with E-state index in [0.717, 1.165) is 11.2 Å². The van der Waals surface area contributed by atoms with Crippen LogP contribution in [0.15, 0.2) is 59.1 Å². The van der Waals surface area contributed by atoms with E-state index in [0.29, 0.717) is 28.7 Å². The third-order valence-electron chi connectivity index (χ3n) is 3.84. The molecule has 0 amide bonds. The highest BCUT2D eigenvalue weighted by molar-refractivity contribution is 9.10. The van der Waals surface area contributed by atoms with Crippen molar-refractivity contribution in [3.63, 3.8) is 0 Å². The lowest BCUT2D eigenvalue weighted by atomic mass is 9.94. The Kier molecular flexibility index (Phi) is 5.37. The summed E-state index contributed by atoms with van der Waals surface area (Å²) in [6, 6.07) is 15.2. The summed E-state index contributed by atoms with van der Waals surface area (Å²) < 4.78 is 30.9. The van der Waals surface area contributed by atoms with Gasteiger partial charge in [-0.1, -0.05) is 18.2 Å². The predicted molar refractivity (Wildman–Crippen MR) is 106 cm³/mol. The van der Waals surface area contributed by atoms with Crippen molar-refractivity contribution in [3.05, 3.63) is 64.9 Å². The van der Waals surface area contributed by atoms with Gasteiger partial charge in [0.1, 0.15) is 36.6 Å². The number of ether oxygens (including phenoxy) is 3. The van der Waals surface area contributed by atoms with Gasteiger partial charge in [-0.2, -0.15) is 0 Å². The first-order valence-corrected chi connectivity index (χ1v) is 8.62. The van der Waals surface area contributed by atoms with Crippen LogP contribution in [0.3, 0.4) is 0 Å². The molecule has 0 radical (unpaired) electrons. The van der Waals surface area contributed by atoms with Crippen molar-refractivity contribution in [1.29, 1.82) is 0 Å². The number of halogens is 2. The van der Waals surface area contributed by atoms with E-state index in [4.69, 9.17) is 19.9 Å². The van der Waals surface area contributed by atoms with Gasteiger partial charge in [-0.3, -0.25) is 0 Å². The summed E-state index contributed by atoms with van der Waals surface area (Å²) >= 11 is 3.17. The van der Waals surface area contributed by atoms with Gasteiger partial charge in [0.2, 0.25) is 0 Å². The van der Waals surface area contributed by atoms with Crippen LogP contribution in [0.2, 0.25) is 0 Å². The van der Waals surface area contributed by atoms with Crippen molar-refractivity contribution in [2.24, 2.45) is 0 Å². The second-order valence-corrected chi connectivity index (χ2v) is 6.30. The topological polar surface area (TPSA) is 53.7 Å². The molecule has 26 heavy (non-hydrogen) atoms. The SMILES string of the molecule is Bc1c(OC)cccc1Oc1cccc(Oc2cccc(F)c2Br)c1N. The molecule has 3 aromatic carbocycles. The molecule has 0 aliphatic rings. The normalized spacial score (nSPS) is 10.4. The first kappa shape index (κ1) is 18.1. The standard InChI is InChI=1S/C19H16BBrFNO3/c1-24-12-6-3-7-13(17(12)20)25-15-9-4-10-16(19(15)23)26-14-8-2-5-11(22)18(14)21/h2-10H,20,23H2,1H3. The number of nitrogen functional groups attached to an aromatic ring is 1. The Bertz CT molecular complexity index is 952. The number of benzene rings is 3. The Morgan fingerprint density at radius 1 is 0.846 bits per heavy atom. The van der Waals surface area contributed by atoms with Gasteiger partial charge in [0.05, 0.1) is 11.6 Å². The first-order chi connectivity index (χ1) is 12.5. The van der Waals surface area contributed by atoms with Gasteiger partial charge < -0.3 is 19.9 Å². The largest absolute Gasteiger partial charge is 0.497 e. The molecule has 0 spiro atoms. The lowest BCUT2D eigenvalue weighted by molar-refractivity contribution is 0.414. The second-order valence-electron chi connectivity index (χ2n) is 5.51. The summed E-state index contributed by atoms with van der Waals surface area (Å²) in [5, 5.41) is 0. The minimum absolute atomic E-state index is 0.231. The van der Waals surface area contributed by atoms with Gasteiger partial charge in [0.25, 0.3) is 0 Å². The molecule has 0 unspecified atom stereocenters. The zero-order valence-electron chi connectivity index (χ0n) is 14.3. The van der Waals surface area contributed by atoms with E-state index in [2.05, 4.69) is 15.9 Å². The van der Waals surface area contributed by atoms with Crippen LogP contribution in [-0.2, 0) is 0 Å². The minimum atomic E-state index is -0.416. The Balaban J connectivity index is 1.92. The molecule has 132 valence electrons. The summed E-state index contributed by atoms with van der Waals surface area (Å²) in [7, 11) is 3.50. The van der Waals surface area contributed by atoms with Crippen molar-refractivity contribution >= 4 is 34.9 Å². The molecular formula is C19H16BBrFNO3. The molecule has 0 atom stereocenters. The van der Waals surface area contributed by atoms with Gasteiger partial charge in [0.15, 0.2) is 11.5 Å². The highest BCUT2D eigenvalue weighted by Crippen LogP contribution is 2.39. The van der Waals surface area contributed by atoms with E-state index in [1.54, 1.807) is 37.4 Å². The molecule has 7 heteroatoms. The molecule has 3 rings (SSSR count). The zero-order valence-corrected chi connectivity index (χ0v) is 15.8. The van der Waals surface area contributed by atoms with Crippen molar-refractivity contribution in [2.45, 2.75) is 0 Å². The number of nitrogens with two attached hydrogens (primary N) is 1. The molecule has 3 aromatic rings. The van der Waals surface area contributed by atoms with Crippen LogP contribution >= 0.6 is 15.9 Å². The molecule has 0 aliphatic heterocycles. The summed E-state index contributed by atoms with van der Waals surface area (Å²) in [6.45, 7) is 0. The average Bonchev–Trinajstić information content (AvgIpc) is 2.64. The number of anilines is 1. The van der Waals surface area contributed by atoms with Crippen LogP contribution < -0.4 is 25.4 Å². The molecule has 0 fully saturated rings. The Labute approximate surface area is 160 Å². The summed E-state index contributed by atoms with van der Waals surface area (Å²) in [5.74, 6) is 2.06. The van der Waals surface area contributed by atoms with Gasteiger partial charge >= 0.3 is 0 Å². The van der Waals surface area contributed by atoms with Crippen molar-refractivity contribution in [1.82, 2.24) is 0 Å². The van der Waals surface area contributed by atoms with Crippen LogP contribution in [0.25, 0.3) is 0 Å². The highest BCUT2D eigenvalue weighted by atomic mass is 79.9. The molecule has 4 nitrogen and oxygen atoms in total. The number of para-hydroxylation sites is 1. The molecule has 0 heterocycles. The maximum absolute atomic E-state index is 13.7. The quantitative estimate of drug-likeness (QED) is 0.505. The van der Waals surface area contributed by atoms with Crippen LogP contribution in [0.4, 0.5) is 10.1 Å². The fourth-order valence-electron chi connectivity index (χ4n) is 2.43. The Morgan fingerprint density at radius 3 is 2.00 bits per heavy atom. The fourth-order valence-corrected chi connectivity index (χ4v) is 2.77. The van der Waals surface area contributed by atoms with Crippen molar-refractivity contribution in [2.75, 3.05) is 12.8 Å². The van der Waals surface area contributed by atoms with E-state index < -0.39 is 5.82 Å². The molecular weight excluding hydrogens is 400 g/mol. The van der Waals surface area contributed by atoms with E-state index in [9.17, 15) is 4.39 Å². The third kappa shape index (κ3) is 3.62. The van der Waals surface area contributed by atoms with Crippen LogP contribution in [0, 0.1) is 5.82 Å². The fraction of sp³-hybridized carbons (Fsp3) is 0.0526. The van der Waals surface area contributed by atoms with Gasteiger partial charge in [-0.15, -0.1) is 0 Å². The number of hydrogen-bond acceptors (Lipinski definition) is 4. The first-order valence-electron chi connectivity index (χ1n) is 7.83. The van der Waals surface area contributed by atoms with Crippen molar-refractivity contribution in [3.8, 4) is 28.7 Å². The lowest BCUT2D eigenvalue weighted by Gasteiger charge is -2.16. The van der Waals surface area contributed by atoms with Gasteiger partial charge in [-0.05, 0) is 57.8 Å². The third-order valence-corrected chi connectivity index (χ3v) is 4.61. The van der Waals surface area contributed by atoms with Crippen LogP contribution in [-0.4, -0.2) is 15.0 Å². The van der Waals surface area contributed by atoms with E-state index >= 15 is 0 Å². The Morgan fingerprint density at radius 2 is 1.35 bits per heavy atom. The average molecular weight is 416 g/mol. The van der Waals surface area contributed by atoms with E-state index in [1.807, 2.05) is 26.0 Å². The molecule has 2 N–H and O–H groups in total. The molecule has 0 saturated carbocycles.